The Morgan fingerprint density at radius 2 is 1.69 bits per heavy atom. The molecular formula is C13H12O3. The summed E-state index contributed by atoms with van der Waals surface area (Å²) in [6.45, 7) is 0. The molecule has 16 heavy (non-hydrogen) atoms. The van der Waals surface area contributed by atoms with Gasteiger partial charge in [0.1, 0.15) is 0 Å². The fourth-order valence-electron chi connectivity index (χ4n) is 2.62. The summed E-state index contributed by atoms with van der Waals surface area (Å²) < 4.78 is 4.57. The van der Waals surface area contributed by atoms with Crippen LogP contribution in [0.3, 0.4) is 0 Å². The zero-order valence-electron chi connectivity index (χ0n) is 8.86. The number of benzene rings is 1. The first kappa shape index (κ1) is 9.58. The van der Waals surface area contributed by atoms with Crippen LogP contribution < -0.4 is 0 Å². The molecule has 1 heterocycles. The summed E-state index contributed by atoms with van der Waals surface area (Å²) in [4.78, 5) is 22.7. The third-order valence-corrected chi connectivity index (χ3v) is 3.50. The molecule has 0 amide bonds. The van der Waals surface area contributed by atoms with E-state index in [1.54, 1.807) is 6.07 Å². The Hall–Kier alpha value is -1.64. The molecule has 1 aromatic rings. The van der Waals surface area contributed by atoms with Gasteiger partial charge in [0.25, 0.3) is 0 Å². The van der Waals surface area contributed by atoms with Gasteiger partial charge in [-0.25, -0.2) is 9.59 Å². The molecule has 0 radical (unpaired) electrons. The Labute approximate surface area is 93.4 Å². The minimum Gasteiger partial charge on any atom is -0.386 e. The Morgan fingerprint density at radius 1 is 1.00 bits per heavy atom. The first-order chi connectivity index (χ1) is 7.75. The van der Waals surface area contributed by atoms with Gasteiger partial charge in [-0.2, -0.15) is 0 Å². The van der Waals surface area contributed by atoms with Gasteiger partial charge in [0.05, 0.1) is 11.1 Å². The zero-order chi connectivity index (χ0) is 11.1. The molecule has 1 saturated carbocycles. The lowest BCUT2D eigenvalue weighted by Gasteiger charge is -2.09. The van der Waals surface area contributed by atoms with Gasteiger partial charge in [-0.15, -0.1) is 0 Å². The standard InChI is InChI=1S/C13H12O3/c14-12-10-6-5-9(8-3-1-2-4-8)7-11(10)13(15)16-12/h5-8H,1-4H2. The molecule has 0 atom stereocenters. The van der Waals surface area contributed by atoms with Crippen LogP contribution >= 0.6 is 0 Å². The highest BCUT2D eigenvalue weighted by atomic mass is 16.6. The van der Waals surface area contributed by atoms with E-state index in [2.05, 4.69) is 4.74 Å². The number of fused-ring (bicyclic) bond motifs is 1. The molecule has 3 rings (SSSR count). The maximum atomic E-state index is 11.4. The van der Waals surface area contributed by atoms with Gasteiger partial charge in [0.15, 0.2) is 0 Å². The van der Waals surface area contributed by atoms with E-state index < -0.39 is 11.9 Å². The van der Waals surface area contributed by atoms with Crippen molar-refractivity contribution < 1.29 is 14.3 Å². The van der Waals surface area contributed by atoms with E-state index in [0.29, 0.717) is 17.0 Å². The predicted octanol–water partition coefficient (Wildman–Crippen LogP) is 2.65. The molecule has 82 valence electrons. The van der Waals surface area contributed by atoms with E-state index in [1.165, 1.54) is 31.2 Å². The number of carbonyl (C=O) groups is 2. The third-order valence-electron chi connectivity index (χ3n) is 3.50. The summed E-state index contributed by atoms with van der Waals surface area (Å²) in [5, 5.41) is 0. The fourth-order valence-corrected chi connectivity index (χ4v) is 2.62. The van der Waals surface area contributed by atoms with Crippen molar-refractivity contribution in [3.63, 3.8) is 0 Å². The van der Waals surface area contributed by atoms with Crippen molar-refractivity contribution >= 4 is 11.9 Å². The van der Waals surface area contributed by atoms with E-state index in [-0.39, 0.29) is 0 Å². The fraction of sp³-hybridized carbons (Fsp3) is 0.385. The van der Waals surface area contributed by atoms with Crippen molar-refractivity contribution in [3.8, 4) is 0 Å². The highest BCUT2D eigenvalue weighted by Gasteiger charge is 2.30. The summed E-state index contributed by atoms with van der Waals surface area (Å²) >= 11 is 0. The minimum atomic E-state index is -0.516. The Morgan fingerprint density at radius 3 is 2.44 bits per heavy atom. The number of hydrogen-bond donors (Lipinski definition) is 0. The summed E-state index contributed by atoms with van der Waals surface area (Å²) in [6.07, 6.45) is 4.87. The normalized spacial score (nSPS) is 20.0. The molecule has 3 nitrogen and oxygen atoms in total. The van der Waals surface area contributed by atoms with Crippen LogP contribution in [0.15, 0.2) is 18.2 Å². The lowest BCUT2D eigenvalue weighted by molar-refractivity contribution is 0.0444. The van der Waals surface area contributed by atoms with Crippen LogP contribution in [0.2, 0.25) is 0 Å². The molecular weight excluding hydrogens is 204 g/mol. The zero-order valence-corrected chi connectivity index (χ0v) is 8.86. The Balaban J connectivity index is 2.02. The van der Waals surface area contributed by atoms with Crippen LogP contribution in [0.1, 0.15) is 57.9 Å². The predicted molar refractivity (Wildman–Crippen MR) is 57.4 cm³/mol. The first-order valence-electron chi connectivity index (χ1n) is 5.66. The van der Waals surface area contributed by atoms with Crippen molar-refractivity contribution in [1.29, 1.82) is 0 Å². The van der Waals surface area contributed by atoms with E-state index in [0.717, 1.165) is 0 Å². The molecule has 3 heteroatoms. The number of carbonyl (C=O) groups excluding carboxylic acids is 2. The summed E-state index contributed by atoms with van der Waals surface area (Å²) in [7, 11) is 0. The minimum absolute atomic E-state index is 0.409. The van der Waals surface area contributed by atoms with Gasteiger partial charge >= 0.3 is 11.9 Å². The van der Waals surface area contributed by atoms with Crippen molar-refractivity contribution in [2.45, 2.75) is 31.6 Å². The second-order valence-corrected chi connectivity index (χ2v) is 4.46. The molecule has 0 N–H and O–H groups in total. The van der Waals surface area contributed by atoms with E-state index >= 15 is 0 Å². The molecule has 1 aromatic carbocycles. The quantitative estimate of drug-likeness (QED) is 0.535. The molecule has 0 aromatic heterocycles. The molecule has 0 spiro atoms. The second kappa shape index (κ2) is 3.44. The van der Waals surface area contributed by atoms with Gasteiger partial charge in [-0.05, 0) is 36.5 Å². The monoisotopic (exact) mass is 216 g/mol. The van der Waals surface area contributed by atoms with Gasteiger partial charge in [-0.1, -0.05) is 18.9 Å². The van der Waals surface area contributed by atoms with Crippen LogP contribution in [-0.4, -0.2) is 11.9 Å². The van der Waals surface area contributed by atoms with Crippen molar-refractivity contribution in [3.05, 3.63) is 34.9 Å². The van der Waals surface area contributed by atoms with Crippen LogP contribution in [0.25, 0.3) is 0 Å². The molecule has 0 bridgehead atoms. The number of rotatable bonds is 1. The highest BCUT2D eigenvalue weighted by molar-refractivity contribution is 6.14. The summed E-state index contributed by atoms with van der Waals surface area (Å²) in [6, 6.07) is 5.50. The summed E-state index contributed by atoms with van der Waals surface area (Å²) in [5.41, 5.74) is 2.02. The van der Waals surface area contributed by atoms with Crippen molar-refractivity contribution in [1.82, 2.24) is 0 Å². The molecule has 1 fully saturated rings. The van der Waals surface area contributed by atoms with Crippen LogP contribution in [0.5, 0.6) is 0 Å². The van der Waals surface area contributed by atoms with Gasteiger partial charge in [-0.3, -0.25) is 0 Å². The SMILES string of the molecule is O=C1OC(=O)c2cc(C3CCCC3)ccc21. The maximum Gasteiger partial charge on any atom is 0.346 e. The highest BCUT2D eigenvalue weighted by Crippen LogP contribution is 2.35. The summed E-state index contributed by atoms with van der Waals surface area (Å²) in [5.74, 6) is -0.466. The van der Waals surface area contributed by atoms with E-state index in [9.17, 15) is 9.59 Å². The van der Waals surface area contributed by atoms with E-state index in [4.69, 9.17) is 0 Å². The lowest BCUT2D eigenvalue weighted by Crippen LogP contribution is -1.98. The topological polar surface area (TPSA) is 43.4 Å². The van der Waals surface area contributed by atoms with Gasteiger partial charge in [0, 0.05) is 0 Å². The lowest BCUT2D eigenvalue weighted by atomic mass is 9.94. The number of hydrogen-bond acceptors (Lipinski definition) is 3. The van der Waals surface area contributed by atoms with E-state index in [1.807, 2.05) is 12.1 Å². The first-order valence-corrected chi connectivity index (χ1v) is 5.66. The van der Waals surface area contributed by atoms with Gasteiger partial charge in [0.2, 0.25) is 0 Å². The average molecular weight is 216 g/mol. The van der Waals surface area contributed by atoms with Crippen LogP contribution in [0, 0.1) is 0 Å². The Bertz CT molecular complexity index is 470. The molecule has 2 aliphatic rings. The number of cyclic esters (lactones) is 2. The smallest absolute Gasteiger partial charge is 0.346 e. The van der Waals surface area contributed by atoms with Crippen molar-refractivity contribution in [2.75, 3.05) is 0 Å². The van der Waals surface area contributed by atoms with Gasteiger partial charge < -0.3 is 4.74 Å². The molecule has 0 saturated heterocycles. The second-order valence-electron chi connectivity index (χ2n) is 4.46. The van der Waals surface area contributed by atoms with Crippen molar-refractivity contribution in [2.24, 2.45) is 0 Å². The third kappa shape index (κ3) is 1.35. The van der Waals surface area contributed by atoms with Crippen LogP contribution in [-0.2, 0) is 4.74 Å². The largest absolute Gasteiger partial charge is 0.386 e. The maximum absolute atomic E-state index is 11.4. The number of esters is 2. The average Bonchev–Trinajstić information content (AvgIpc) is 2.88. The molecule has 1 aliphatic heterocycles. The van der Waals surface area contributed by atoms with Crippen LogP contribution in [0.4, 0.5) is 0 Å². The Kier molecular flexibility index (Phi) is 2.06. The molecule has 0 unspecified atom stereocenters. The molecule has 1 aliphatic carbocycles. The number of ether oxygens (including phenoxy) is 1.